The second-order valence-corrected chi connectivity index (χ2v) is 3.54. The SMILES string of the molecule is CNC[C@@H]1CC(c2cccc(F)c2)=NO1. The first-order chi connectivity index (χ1) is 7.29. The number of hydrogen-bond acceptors (Lipinski definition) is 3. The molecule has 0 spiro atoms. The molecule has 0 unspecified atom stereocenters. The van der Waals surface area contributed by atoms with Crippen molar-refractivity contribution in [1.29, 1.82) is 0 Å². The molecule has 0 fully saturated rings. The zero-order valence-corrected chi connectivity index (χ0v) is 8.53. The van der Waals surface area contributed by atoms with Crippen molar-refractivity contribution in [3.05, 3.63) is 35.6 Å². The smallest absolute Gasteiger partial charge is 0.145 e. The molecule has 2 rings (SSSR count). The van der Waals surface area contributed by atoms with Crippen molar-refractivity contribution < 1.29 is 9.23 Å². The topological polar surface area (TPSA) is 33.6 Å². The van der Waals surface area contributed by atoms with E-state index in [0.717, 1.165) is 24.2 Å². The Morgan fingerprint density at radius 2 is 2.47 bits per heavy atom. The highest BCUT2D eigenvalue weighted by Crippen LogP contribution is 2.16. The lowest BCUT2D eigenvalue weighted by molar-refractivity contribution is 0.0866. The molecule has 1 aliphatic rings. The number of likely N-dealkylation sites (N-methyl/N-ethyl adjacent to an activating group) is 1. The average molecular weight is 208 g/mol. The number of halogens is 1. The van der Waals surface area contributed by atoms with Gasteiger partial charge in [-0.1, -0.05) is 17.3 Å². The minimum atomic E-state index is -0.243. The molecule has 15 heavy (non-hydrogen) atoms. The summed E-state index contributed by atoms with van der Waals surface area (Å²) >= 11 is 0. The first-order valence-corrected chi connectivity index (χ1v) is 4.93. The highest BCUT2D eigenvalue weighted by atomic mass is 19.1. The monoisotopic (exact) mass is 208 g/mol. The molecule has 0 saturated heterocycles. The molecule has 0 radical (unpaired) electrons. The molecule has 0 amide bonds. The van der Waals surface area contributed by atoms with E-state index in [0.29, 0.717) is 0 Å². The third-order valence-electron chi connectivity index (χ3n) is 2.32. The van der Waals surface area contributed by atoms with Gasteiger partial charge in [0.2, 0.25) is 0 Å². The van der Waals surface area contributed by atoms with E-state index >= 15 is 0 Å². The minimum Gasteiger partial charge on any atom is -0.390 e. The predicted octanol–water partition coefficient (Wildman–Crippen LogP) is 1.54. The number of benzene rings is 1. The Hall–Kier alpha value is -1.42. The van der Waals surface area contributed by atoms with Crippen molar-refractivity contribution in [1.82, 2.24) is 5.32 Å². The Kier molecular flexibility index (Phi) is 2.97. The summed E-state index contributed by atoms with van der Waals surface area (Å²) < 4.78 is 13.0. The summed E-state index contributed by atoms with van der Waals surface area (Å²) in [6.07, 6.45) is 0.790. The van der Waals surface area contributed by atoms with Crippen molar-refractivity contribution in [2.75, 3.05) is 13.6 Å². The van der Waals surface area contributed by atoms with Crippen molar-refractivity contribution in [2.24, 2.45) is 5.16 Å². The van der Waals surface area contributed by atoms with Crippen LogP contribution >= 0.6 is 0 Å². The van der Waals surface area contributed by atoms with Gasteiger partial charge in [-0.15, -0.1) is 0 Å². The third kappa shape index (κ3) is 2.33. The molecule has 3 nitrogen and oxygen atoms in total. The average Bonchev–Trinajstić information content (AvgIpc) is 2.67. The summed E-state index contributed by atoms with van der Waals surface area (Å²) in [6.45, 7) is 0.752. The van der Waals surface area contributed by atoms with Crippen LogP contribution in [-0.2, 0) is 4.84 Å². The normalized spacial score (nSPS) is 19.9. The van der Waals surface area contributed by atoms with Crippen LogP contribution in [0.4, 0.5) is 4.39 Å². The number of nitrogens with one attached hydrogen (secondary N) is 1. The van der Waals surface area contributed by atoms with Gasteiger partial charge in [0.1, 0.15) is 11.9 Å². The molecular formula is C11H13FN2O. The molecule has 1 aliphatic heterocycles. The molecule has 1 heterocycles. The van der Waals surface area contributed by atoms with Crippen LogP contribution in [0.3, 0.4) is 0 Å². The van der Waals surface area contributed by atoms with E-state index in [9.17, 15) is 4.39 Å². The van der Waals surface area contributed by atoms with Gasteiger partial charge in [0.15, 0.2) is 0 Å². The quantitative estimate of drug-likeness (QED) is 0.817. The fourth-order valence-corrected chi connectivity index (χ4v) is 1.60. The molecule has 0 aromatic heterocycles. The van der Waals surface area contributed by atoms with Gasteiger partial charge in [-0.3, -0.25) is 0 Å². The molecule has 1 N–H and O–H groups in total. The summed E-state index contributed by atoms with van der Waals surface area (Å²) in [6, 6.07) is 6.42. The molecule has 0 bridgehead atoms. The molecule has 1 aromatic rings. The molecule has 80 valence electrons. The van der Waals surface area contributed by atoms with Gasteiger partial charge >= 0.3 is 0 Å². The van der Waals surface area contributed by atoms with Crippen LogP contribution in [0.25, 0.3) is 0 Å². The summed E-state index contributed by atoms with van der Waals surface area (Å²) in [5, 5.41) is 6.98. The van der Waals surface area contributed by atoms with E-state index in [1.54, 1.807) is 6.07 Å². The fraction of sp³-hybridized carbons (Fsp3) is 0.364. The van der Waals surface area contributed by atoms with Crippen molar-refractivity contribution in [3.8, 4) is 0 Å². The van der Waals surface area contributed by atoms with Crippen LogP contribution in [0.2, 0.25) is 0 Å². The minimum absolute atomic E-state index is 0.0632. The highest BCUT2D eigenvalue weighted by Gasteiger charge is 2.21. The lowest BCUT2D eigenvalue weighted by Gasteiger charge is -2.05. The second-order valence-electron chi connectivity index (χ2n) is 3.54. The van der Waals surface area contributed by atoms with E-state index in [1.165, 1.54) is 12.1 Å². The largest absolute Gasteiger partial charge is 0.390 e. The van der Waals surface area contributed by atoms with Crippen molar-refractivity contribution >= 4 is 5.71 Å². The van der Waals surface area contributed by atoms with E-state index in [4.69, 9.17) is 4.84 Å². The van der Waals surface area contributed by atoms with Gasteiger partial charge in [0, 0.05) is 18.5 Å². The lowest BCUT2D eigenvalue weighted by Crippen LogP contribution is -2.23. The molecule has 1 aromatic carbocycles. The van der Waals surface area contributed by atoms with Crippen LogP contribution in [0, 0.1) is 5.82 Å². The van der Waals surface area contributed by atoms with Gasteiger partial charge in [-0.25, -0.2) is 4.39 Å². The Morgan fingerprint density at radius 3 is 3.20 bits per heavy atom. The van der Waals surface area contributed by atoms with Crippen molar-refractivity contribution in [3.63, 3.8) is 0 Å². The molecule has 4 heteroatoms. The van der Waals surface area contributed by atoms with E-state index in [2.05, 4.69) is 10.5 Å². The highest BCUT2D eigenvalue weighted by molar-refractivity contribution is 6.01. The Bertz CT molecular complexity index is 379. The Balaban J connectivity index is 2.07. The van der Waals surface area contributed by atoms with Crippen LogP contribution in [0.5, 0.6) is 0 Å². The first-order valence-electron chi connectivity index (χ1n) is 4.93. The number of hydrogen-bond donors (Lipinski definition) is 1. The zero-order chi connectivity index (χ0) is 10.7. The van der Waals surface area contributed by atoms with Gasteiger partial charge < -0.3 is 10.2 Å². The van der Waals surface area contributed by atoms with Crippen LogP contribution in [0.1, 0.15) is 12.0 Å². The number of nitrogens with zero attached hydrogens (tertiary/aromatic N) is 1. The van der Waals surface area contributed by atoms with Crippen molar-refractivity contribution in [2.45, 2.75) is 12.5 Å². The van der Waals surface area contributed by atoms with Gasteiger partial charge in [-0.2, -0.15) is 0 Å². The van der Waals surface area contributed by atoms with Crippen LogP contribution in [0.15, 0.2) is 29.4 Å². The molecule has 0 saturated carbocycles. The summed E-state index contributed by atoms with van der Waals surface area (Å²) in [7, 11) is 1.86. The van der Waals surface area contributed by atoms with E-state index in [-0.39, 0.29) is 11.9 Å². The van der Waals surface area contributed by atoms with Gasteiger partial charge in [-0.05, 0) is 19.2 Å². The Labute approximate surface area is 87.9 Å². The van der Waals surface area contributed by atoms with Crippen LogP contribution < -0.4 is 5.32 Å². The summed E-state index contributed by atoms with van der Waals surface area (Å²) in [5.74, 6) is -0.243. The van der Waals surface area contributed by atoms with Gasteiger partial charge in [0.25, 0.3) is 0 Å². The summed E-state index contributed by atoms with van der Waals surface area (Å²) in [4.78, 5) is 5.20. The second kappa shape index (κ2) is 4.40. The first kappa shape index (κ1) is 10.1. The van der Waals surface area contributed by atoms with E-state index < -0.39 is 0 Å². The Morgan fingerprint density at radius 1 is 1.60 bits per heavy atom. The fourth-order valence-electron chi connectivity index (χ4n) is 1.60. The molecule has 1 atom stereocenters. The van der Waals surface area contributed by atoms with E-state index in [1.807, 2.05) is 13.1 Å². The van der Waals surface area contributed by atoms with Gasteiger partial charge in [0.05, 0.1) is 5.71 Å². The maximum absolute atomic E-state index is 13.0. The third-order valence-corrected chi connectivity index (χ3v) is 2.32. The zero-order valence-electron chi connectivity index (χ0n) is 8.53. The predicted molar refractivity (Wildman–Crippen MR) is 56.4 cm³/mol. The van der Waals surface area contributed by atoms with Crippen LogP contribution in [-0.4, -0.2) is 25.4 Å². The summed E-state index contributed by atoms with van der Waals surface area (Å²) in [5.41, 5.74) is 1.61. The maximum Gasteiger partial charge on any atom is 0.145 e. The maximum atomic E-state index is 13.0. The number of rotatable bonds is 3. The standard InChI is InChI=1S/C11H13FN2O/c1-13-7-10-6-11(14-15-10)8-3-2-4-9(12)5-8/h2-5,10,13H,6-7H2,1H3/t10-/m0/s1. The number of oxime groups is 1. The molecule has 0 aliphatic carbocycles. The molecular weight excluding hydrogens is 195 g/mol. The lowest BCUT2D eigenvalue weighted by atomic mass is 10.1.